The predicted octanol–water partition coefficient (Wildman–Crippen LogP) is 3.52. The number of H-pyrrole nitrogens is 1. The fraction of sp³-hybridized carbons (Fsp3) is 0.222. The molecule has 0 aliphatic carbocycles. The van der Waals surface area contributed by atoms with Crippen LogP contribution in [0.2, 0.25) is 5.02 Å². The maximum atomic E-state index is 5.95. The molecule has 0 spiro atoms. The van der Waals surface area contributed by atoms with Crippen LogP contribution >= 0.6 is 23.2 Å². The van der Waals surface area contributed by atoms with Crippen molar-refractivity contribution in [3.05, 3.63) is 29.0 Å². The lowest BCUT2D eigenvalue weighted by Gasteiger charge is -1.93. The molecule has 4 heteroatoms. The van der Waals surface area contributed by atoms with Crippen LogP contribution in [0.4, 0.5) is 0 Å². The van der Waals surface area contributed by atoms with Crippen molar-refractivity contribution >= 4 is 34.2 Å². The number of fused-ring (bicyclic) bond motifs is 1. The van der Waals surface area contributed by atoms with Crippen molar-refractivity contribution in [2.45, 2.75) is 12.3 Å². The van der Waals surface area contributed by atoms with Gasteiger partial charge in [0.15, 0.2) is 0 Å². The minimum absolute atomic E-state index is 0.122. The number of halogens is 2. The van der Waals surface area contributed by atoms with Crippen LogP contribution in [0.15, 0.2) is 18.2 Å². The summed E-state index contributed by atoms with van der Waals surface area (Å²) < 4.78 is 0. The van der Waals surface area contributed by atoms with Gasteiger partial charge in [0.05, 0.1) is 15.9 Å². The zero-order chi connectivity index (χ0) is 9.42. The van der Waals surface area contributed by atoms with Gasteiger partial charge >= 0.3 is 0 Å². The largest absolute Gasteiger partial charge is 0.341 e. The summed E-state index contributed by atoms with van der Waals surface area (Å²) in [6.07, 6.45) is 0. The lowest BCUT2D eigenvalue weighted by molar-refractivity contribution is 0.962. The van der Waals surface area contributed by atoms with Crippen molar-refractivity contribution in [3.63, 3.8) is 0 Å². The number of benzene rings is 1. The molecule has 0 amide bonds. The molecule has 0 fully saturated rings. The predicted molar refractivity (Wildman–Crippen MR) is 55.4 cm³/mol. The maximum Gasteiger partial charge on any atom is 0.125 e. The van der Waals surface area contributed by atoms with E-state index in [0.717, 1.165) is 16.9 Å². The third kappa shape index (κ3) is 1.52. The van der Waals surface area contributed by atoms with Crippen LogP contribution in [0.25, 0.3) is 11.0 Å². The van der Waals surface area contributed by atoms with Crippen molar-refractivity contribution < 1.29 is 0 Å². The Morgan fingerprint density at radius 1 is 1.46 bits per heavy atom. The van der Waals surface area contributed by atoms with E-state index >= 15 is 0 Å². The van der Waals surface area contributed by atoms with Gasteiger partial charge in [-0.1, -0.05) is 17.7 Å². The van der Waals surface area contributed by atoms with Crippen molar-refractivity contribution in [2.24, 2.45) is 0 Å². The summed E-state index contributed by atoms with van der Waals surface area (Å²) in [5, 5.41) is 0.529. The SMILES string of the molecule is CC(Cl)c1nc2c(Cl)cccc2[nH]1. The van der Waals surface area contributed by atoms with E-state index in [1.54, 1.807) is 0 Å². The first-order chi connectivity index (χ1) is 6.18. The molecule has 1 aromatic carbocycles. The summed E-state index contributed by atoms with van der Waals surface area (Å²) in [4.78, 5) is 7.40. The van der Waals surface area contributed by atoms with E-state index in [4.69, 9.17) is 23.2 Å². The maximum absolute atomic E-state index is 5.95. The number of rotatable bonds is 1. The average Bonchev–Trinajstić information content (AvgIpc) is 2.49. The summed E-state index contributed by atoms with van der Waals surface area (Å²) in [6.45, 7) is 1.87. The molecule has 0 aliphatic rings. The van der Waals surface area contributed by atoms with Crippen LogP contribution in [0.3, 0.4) is 0 Å². The number of alkyl halides is 1. The van der Waals surface area contributed by atoms with Gasteiger partial charge in [-0.25, -0.2) is 4.98 Å². The van der Waals surface area contributed by atoms with Gasteiger partial charge in [0.1, 0.15) is 11.3 Å². The molecule has 2 aromatic rings. The van der Waals surface area contributed by atoms with E-state index in [9.17, 15) is 0 Å². The van der Waals surface area contributed by atoms with E-state index in [1.807, 2.05) is 25.1 Å². The first-order valence-electron chi connectivity index (χ1n) is 3.96. The van der Waals surface area contributed by atoms with Crippen LogP contribution in [0, 0.1) is 0 Å². The first-order valence-corrected chi connectivity index (χ1v) is 4.78. The van der Waals surface area contributed by atoms with Crippen molar-refractivity contribution in [3.8, 4) is 0 Å². The summed E-state index contributed by atoms with van der Waals surface area (Å²) in [5.74, 6) is 0.754. The molecule has 1 aromatic heterocycles. The fourth-order valence-electron chi connectivity index (χ4n) is 1.20. The second kappa shape index (κ2) is 3.20. The van der Waals surface area contributed by atoms with Gasteiger partial charge in [-0.15, -0.1) is 11.6 Å². The van der Waals surface area contributed by atoms with Gasteiger partial charge in [0.2, 0.25) is 0 Å². The van der Waals surface area contributed by atoms with Gasteiger partial charge in [0, 0.05) is 0 Å². The smallest absolute Gasteiger partial charge is 0.125 e. The van der Waals surface area contributed by atoms with Gasteiger partial charge in [-0.3, -0.25) is 0 Å². The molecule has 0 saturated heterocycles. The highest BCUT2D eigenvalue weighted by Gasteiger charge is 2.09. The number of nitrogens with one attached hydrogen (secondary N) is 1. The molecule has 13 heavy (non-hydrogen) atoms. The lowest BCUT2D eigenvalue weighted by Crippen LogP contribution is -1.85. The zero-order valence-corrected chi connectivity index (χ0v) is 8.52. The Morgan fingerprint density at radius 3 is 2.85 bits per heavy atom. The fourth-order valence-corrected chi connectivity index (χ4v) is 1.52. The highest BCUT2D eigenvalue weighted by atomic mass is 35.5. The minimum Gasteiger partial charge on any atom is -0.341 e. The quantitative estimate of drug-likeness (QED) is 0.724. The topological polar surface area (TPSA) is 28.7 Å². The Morgan fingerprint density at radius 2 is 2.23 bits per heavy atom. The molecule has 0 aliphatic heterocycles. The lowest BCUT2D eigenvalue weighted by atomic mass is 10.3. The molecular formula is C9H8Cl2N2. The second-order valence-electron chi connectivity index (χ2n) is 2.87. The summed E-state index contributed by atoms with van der Waals surface area (Å²) in [5.41, 5.74) is 1.71. The number of para-hydroxylation sites is 1. The van der Waals surface area contributed by atoms with Crippen LogP contribution in [-0.4, -0.2) is 9.97 Å². The molecule has 1 atom stereocenters. The van der Waals surface area contributed by atoms with Gasteiger partial charge < -0.3 is 4.98 Å². The molecule has 0 radical (unpaired) electrons. The molecule has 1 N–H and O–H groups in total. The van der Waals surface area contributed by atoms with Crippen LogP contribution in [0.1, 0.15) is 18.1 Å². The normalized spacial score (nSPS) is 13.5. The molecule has 2 nitrogen and oxygen atoms in total. The molecule has 68 valence electrons. The Balaban J connectivity index is 2.68. The highest BCUT2D eigenvalue weighted by Crippen LogP contribution is 2.24. The summed E-state index contributed by atoms with van der Waals surface area (Å²) >= 11 is 11.8. The molecule has 1 unspecified atom stereocenters. The standard InChI is InChI=1S/C9H8Cl2N2/c1-5(10)9-12-7-4-2-3-6(11)8(7)13-9/h2-5H,1H3,(H,12,13). The van der Waals surface area contributed by atoms with E-state index in [-0.39, 0.29) is 5.38 Å². The highest BCUT2D eigenvalue weighted by molar-refractivity contribution is 6.34. The average molecular weight is 215 g/mol. The van der Waals surface area contributed by atoms with Crippen LogP contribution < -0.4 is 0 Å². The molecule has 2 rings (SSSR count). The molecular weight excluding hydrogens is 207 g/mol. The third-order valence-corrected chi connectivity index (χ3v) is 2.37. The number of hydrogen-bond donors (Lipinski definition) is 1. The van der Waals surface area contributed by atoms with E-state index in [1.165, 1.54) is 0 Å². The van der Waals surface area contributed by atoms with E-state index < -0.39 is 0 Å². The summed E-state index contributed by atoms with van der Waals surface area (Å²) in [6, 6.07) is 5.62. The van der Waals surface area contributed by atoms with Crippen molar-refractivity contribution in [1.29, 1.82) is 0 Å². The number of aromatic amines is 1. The number of nitrogens with zero attached hydrogens (tertiary/aromatic N) is 1. The Bertz CT molecular complexity index is 434. The van der Waals surface area contributed by atoms with Crippen LogP contribution in [0.5, 0.6) is 0 Å². The Kier molecular flexibility index (Phi) is 2.18. The second-order valence-corrected chi connectivity index (χ2v) is 3.94. The number of hydrogen-bond acceptors (Lipinski definition) is 1. The minimum atomic E-state index is -0.122. The van der Waals surface area contributed by atoms with Gasteiger partial charge in [0.25, 0.3) is 0 Å². The monoisotopic (exact) mass is 214 g/mol. The number of aromatic nitrogens is 2. The molecule has 0 saturated carbocycles. The van der Waals surface area contributed by atoms with E-state index in [0.29, 0.717) is 5.02 Å². The van der Waals surface area contributed by atoms with E-state index in [2.05, 4.69) is 9.97 Å². The van der Waals surface area contributed by atoms with Crippen molar-refractivity contribution in [2.75, 3.05) is 0 Å². The molecule has 0 bridgehead atoms. The summed E-state index contributed by atoms with van der Waals surface area (Å²) in [7, 11) is 0. The number of imidazole rings is 1. The third-order valence-electron chi connectivity index (χ3n) is 1.86. The Hall–Kier alpha value is -0.730. The molecule has 1 heterocycles. The van der Waals surface area contributed by atoms with Gasteiger partial charge in [-0.05, 0) is 19.1 Å². The Labute approximate surface area is 85.9 Å². The zero-order valence-electron chi connectivity index (χ0n) is 7.01. The van der Waals surface area contributed by atoms with Gasteiger partial charge in [-0.2, -0.15) is 0 Å². The van der Waals surface area contributed by atoms with Crippen molar-refractivity contribution in [1.82, 2.24) is 9.97 Å². The first kappa shape index (κ1) is 8.85. The van der Waals surface area contributed by atoms with Crippen LogP contribution in [-0.2, 0) is 0 Å².